The molecule has 0 amide bonds. The van der Waals surface area contributed by atoms with Gasteiger partial charge in [-0.05, 0) is 59.2 Å². The lowest BCUT2D eigenvalue weighted by atomic mass is 9.68. The minimum atomic E-state index is -5.60. The Kier molecular flexibility index (Phi) is 6.80. The van der Waals surface area contributed by atoms with E-state index in [1.807, 2.05) is 0 Å². The van der Waals surface area contributed by atoms with E-state index < -0.39 is 74.8 Å². The number of hydrogen-bond donors (Lipinski definition) is 2. The zero-order chi connectivity index (χ0) is 28.0. The van der Waals surface area contributed by atoms with Crippen LogP contribution in [-0.4, -0.2) is 28.3 Å². The number of alkyl halides is 9. The number of aromatic carboxylic acids is 2. The second-order valence-electron chi connectivity index (χ2n) is 7.81. The van der Waals surface area contributed by atoms with E-state index in [-0.39, 0.29) is 18.2 Å². The fourth-order valence-corrected chi connectivity index (χ4v) is 3.89. The Labute approximate surface area is 201 Å². The quantitative estimate of drug-likeness (QED) is 0.272. The standard InChI is InChI=1S/C24H13F9O4/c25-22(26,27)17-9-16(10-18(11-17)23(28,29)30)21(24(31,32)33,14-5-1-12(2-6-14)19(34)35)15-7-3-13(4-8-15)20(36)37/h1-11H,(H,34,35)(H,36,37). The maximum atomic E-state index is 15.0. The van der Waals surface area contributed by atoms with Crippen molar-refractivity contribution in [2.24, 2.45) is 0 Å². The van der Waals surface area contributed by atoms with Crippen LogP contribution in [0, 0.1) is 0 Å². The van der Waals surface area contributed by atoms with Gasteiger partial charge in [-0.1, -0.05) is 24.3 Å². The van der Waals surface area contributed by atoms with Crippen molar-refractivity contribution in [3.63, 3.8) is 0 Å². The molecule has 3 aromatic rings. The van der Waals surface area contributed by atoms with Gasteiger partial charge in [0.2, 0.25) is 0 Å². The molecule has 0 aliphatic heterocycles. The molecule has 0 spiro atoms. The summed E-state index contributed by atoms with van der Waals surface area (Å²) in [5.74, 6) is -3.10. The van der Waals surface area contributed by atoms with Crippen LogP contribution in [0.4, 0.5) is 39.5 Å². The molecule has 0 saturated carbocycles. The van der Waals surface area contributed by atoms with E-state index in [9.17, 15) is 35.9 Å². The molecule has 0 aliphatic carbocycles. The minimum absolute atomic E-state index is 0.0705. The van der Waals surface area contributed by atoms with Crippen molar-refractivity contribution in [1.82, 2.24) is 0 Å². The van der Waals surface area contributed by atoms with Crippen LogP contribution in [0.3, 0.4) is 0 Å². The SMILES string of the molecule is O=C(O)c1ccc(C(c2ccc(C(=O)O)cc2)(c2cc(C(F)(F)F)cc(C(F)(F)F)c2)C(F)(F)F)cc1. The first-order valence-corrected chi connectivity index (χ1v) is 9.93. The van der Waals surface area contributed by atoms with E-state index >= 15 is 13.2 Å². The molecule has 0 atom stereocenters. The highest BCUT2D eigenvalue weighted by Gasteiger charge is 2.59. The maximum Gasteiger partial charge on any atom is 0.416 e. The van der Waals surface area contributed by atoms with Gasteiger partial charge in [-0.25, -0.2) is 9.59 Å². The summed E-state index contributed by atoms with van der Waals surface area (Å²) >= 11 is 0. The summed E-state index contributed by atoms with van der Waals surface area (Å²) in [6.45, 7) is 0. The molecule has 0 aliphatic rings. The summed E-state index contributed by atoms with van der Waals surface area (Å²) in [6, 6.07) is 4.86. The lowest BCUT2D eigenvalue weighted by Gasteiger charge is -2.38. The van der Waals surface area contributed by atoms with Crippen molar-refractivity contribution in [2.45, 2.75) is 23.9 Å². The van der Waals surface area contributed by atoms with Gasteiger partial charge in [-0.15, -0.1) is 0 Å². The van der Waals surface area contributed by atoms with E-state index in [2.05, 4.69) is 0 Å². The average Bonchev–Trinajstić information content (AvgIpc) is 2.78. The third kappa shape index (κ3) is 5.11. The number of carboxylic acids is 2. The zero-order valence-corrected chi connectivity index (χ0v) is 18.0. The first-order valence-electron chi connectivity index (χ1n) is 9.93. The molecule has 0 aromatic heterocycles. The number of benzene rings is 3. The third-order valence-corrected chi connectivity index (χ3v) is 5.58. The number of carbonyl (C=O) groups is 2. The molecule has 0 bridgehead atoms. The fourth-order valence-electron chi connectivity index (χ4n) is 3.89. The lowest BCUT2D eigenvalue weighted by Crippen LogP contribution is -2.45. The highest BCUT2D eigenvalue weighted by atomic mass is 19.4. The summed E-state index contributed by atoms with van der Waals surface area (Å²) < 4.78 is 126. The topological polar surface area (TPSA) is 74.6 Å². The number of carboxylic acid groups (broad SMARTS) is 2. The maximum absolute atomic E-state index is 15.0. The smallest absolute Gasteiger partial charge is 0.416 e. The van der Waals surface area contributed by atoms with Crippen LogP contribution in [0.15, 0.2) is 66.7 Å². The van der Waals surface area contributed by atoms with Crippen LogP contribution in [0.2, 0.25) is 0 Å². The van der Waals surface area contributed by atoms with Crippen molar-refractivity contribution >= 4 is 11.9 Å². The summed E-state index contributed by atoms with van der Waals surface area (Å²) in [6.07, 6.45) is -16.5. The van der Waals surface area contributed by atoms with Gasteiger partial charge in [0.25, 0.3) is 0 Å². The Morgan fingerprint density at radius 1 is 0.486 bits per heavy atom. The van der Waals surface area contributed by atoms with Crippen molar-refractivity contribution in [1.29, 1.82) is 0 Å². The average molecular weight is 536 g/mol. The predicted molar refractivity (Wildman–Crippen MR) is 109 cm³/mol. The highest BCUT2D eigenvalue weighted by Crippen LogP contribution is 2.53. The van der Waals surface area contributed by atoms with Crippen LogP contribution in [0.1, 0.15) is 48.5 Å². The summed E-state index contributed by atoms with van der Waals surface area (Å²) in [5.41, 5.74) is -12.0. The Bertz CT molecular complexity index is 1230. The van der Waals surface area contributed by atoms with E-state index in [1.54, 1.807) is 0 Å². The minimum Gasteiger partial charge on any atom is -0.478 e. The Hall–Kier alpha value is -4.03. The second-order valence-corrected chi connectivity index (χ2v) is 7.81. The largest absolute Gasteiger partial charge is 0.478 e. The number of halogens is 9. The van der Waals surface area contributed by atoms with Crippen LogP contribution < -0.4 is 0 Å². The van der Waals surface area contributed by atoms with Gasteiger partial charge in [0.15, 0.2) is 0 Å². The molecule has 13 heteroatoms. The molecule has 0 unspecified atom stereocenters. The van der Waals surface area contributed by atoms with Crippen molar-refractivity contribution in [2.75, 3.05) is 0 Å². The van der Waals surface area contributed by atoms with Gasteiger partial charge in [-0.3, -0.25) is 0 Å². The van der Waals surface area contributed by atoms with Crippen molar-refractivity contribution in [3.8, 4) is 0 Å². The van der Waals surface area contributed by atoms with Gasteiger partial charge >= 0.3 is 30.5 Å². The first kappa shape index (κ1) is 27.6. The molecule has 196 valence electrons. The number of rotatable bonds is 5. The van der Waals surface area contributed by atoms with E-state index in [0.29, 0.717) is 48.5 Å². The normalized spacial score (nSPS) is 12.9. The van der Waals surface area contributed by atoms with Crippen LogP contribution in [0.5, 0.6) is 0 Å². The van der Waals surface area contributed by atoms with Crippen molar-refractivity contribution in [3.05, 3.63) is 106 Å². The molecule has 0 fully saturated rings. The molecule has 0 radical (unpaired) electrons. The summed E-state index contributed by atoms with van der Waals surface area (Å²) in [7, 11) is 0. The molecule has 0 heterocycles. The van der Waals surface area contributed by atoms with Gasteiger partial charge in [0, 0.05) is 0 Å². The first-order chi connectivity index (χ1) is 16.9. The van der Waals surface area contributed by atoms with Crippen LogP contribution in [-0.2, 0) is 17.8 Å². The van der Waals surface area contributed by atoms with E-state index in [0.717, 1.165) is 0 Å². The van der Waals surface area contributed by atoms with Crippen LogP contribution in [0.25, 0.3) is 0 Å². The molecular formula is C24H13F9O4. The Morgan fingerprint density at radius 3 is 1.03 bits per heavy atom. The molecular weight excluding hydrogens is 523 g/mol. The predicted octanol–water partition coefficient (Wildman–Crippen LogP) is 7.02. The molecule has 37 heavy (non-hydrogen) atoms. The molecule has 0 saturated heterocycles. The Morgan fingerprint density at radius 2 is 0.784 bits per heavy atom. The monoisotopic (exact) mass is 536 g/mol. The molecule has 4 nitrogen and oxygen atoms in total. The summed E-state index contributed by atoms with van der Waals surface area (Å²) in [4.78, 5) is 22.4. The van der Waals surface area contributed by atoms with Gasteiger partial charge in [0.1, 0.15) is 5.41 Å². The zero-order valence-electron chi connectivity index (χ0n) is 18.0. The van der Waals surface area contributed by atoms with Crippen molar-refractivity contribution < 1.29 is 59.3 Å². The second kappa shape index (κ2) is 9.12. The number of hydrogen-bond acceptors (Lipinski definition) is 2. The molecule has 2 N–H and O–H groups in total. The third-order valence-electron chi connectivity index (χ3n) is 5.58. The van der Waals surface area contributed by atoms with Gasteiger partial charge < -0.3 is 10.2 Å². The van der Waals surface area contributed by atoms with Crippen LogP contribution >= 0.6 is 0 Å². The summed E-state index contributed by atoms with van der Waals surface area (Å²) in [5, 5.41) is 18.2. The lowest BCUT2D eigenvalue weighted by molar-refractivity contribution is -0.167. The Balaban J connectivity index is 2.53. The molecule has 3 aromatic carbocycles. The fraction of sp³-hybridized carbons (Fsp3) is 0.167. The highest BCUT2D eigenvalue weighted by molar-refractivity contribution is 5.88. The van der Waals surface area contributed by atoms with Gasteiger partial charge in [0.05, 0.1) is 22.3 Å². The van der Waals surface area contributed by atoms with E-state index in [1.165, 1.54) is 0 Å². The van der Waals surface area contributed by atoms with Gasteiger partial charge in [-0.2, -0.15) is 39.5 Å². The molecule has 3 rings (SSSR count). The van der Waals surface area contributed by atoms with E-state index in [4.69, 9.17) is 10.2 Å².